The summed E-state index contributed by atoms with van der Waals surface area (Å²) in [5, 5.41) is 3.01. The normalized spacial score (nSPS) is 11.0. The molecular weight excluding hydrogens is 374 g/mol. The van der Waals surface area contributed by atoms with Crippen molar-refractivity contribution in [1.82, 2.24) is 9.13 Å². The van der Waals surface area contributed by atoms with Crippen molar-refractivity contribution >= 4 is 34.4 Å². The van der Waals surface area contributed by atoms with Gasteiger partial charge in [0, 0.05) is 24.6 Å². The van der Waals surface area contributed by atoms with Gasteiger partial charge in [0.15, 0.2) is 0 Å². The van der Waals surface area contributed by atoms with Crippen LogP contribution in [-0.2, 0) is 14.1 Å². The summed E-state index contributed by atoms with van der Waals surface area (Å²) >= 11 is 1.69. The van der Waals surface area contributed by atoms with E-state index < -0.39 is 0 Å². The predicted molar refractivity (Wildman–Crippen MR) is 115 cm³/mol. The van der Waals surface area contributed by atoms with Crippen LogP contribution in [0.2, 0.25) is 0 Å². The van der Waals surface area contributed by atoms with Crippen molar-refractivity contribution < 1.29 is 9.53 Å². The van der Waals surface area contributed by atoms with E-state index >= 15 is 0 Å². The summed E-state index contributed by atoms with van der Waals surface area (Å²) in [5.41, 5.74) is 2.83. The van der Waals surface area contributed by atoms with E-state index in [1.54, 1.807) is 66.4 Å². The molecule has 1 amide bonds. The Morgan fingerprint density at radius 2 is 1.75 bits per heavy atom. The Labute approximate surface area is 168 Å². The van der Waals surface area contributed by atoms with Gasteiger partial charge in [-0.25, -0.2) is 4.79 Å². The van der Waals surface area contributed by atoms with Crippen LogP contribution >= 0.6 is 11.8 Å². The monoisotopic (exact) mass is 399 g/mol. The number of hydrogen-bond donors (Lipinski definition) is 1. The number of nitrogens with one attached hydrogen (secondary N) is 1. The van der Waals surface area contributed by atoms with Crippen molar-refractivity contribution in [3.63, 3.8) is 0 Å². The molecule has 0 aliphatic carbocycles. The third kappa shape index (κ3) is 3.94. The van der Waals surface area contributed by atoms with Crippen LogP contribution in [0.3, 0.4) is 0 Å². The quantitative estimate of drug-likeness (QED) is 0.481. The maximum atomic E-state index is 12.8. The molecule has 148 valence electrons. The smallest absolute Gasteiger partial charge is 0.328 e. The molecule has 1 heterocycles. The molecule has 3 rings (SSSR count). The number of thioether (sulfide) groups is 1. The van der Waals surface area contributed by atoms with Gasteiger partial charge >= 0.3 is 5.69 Å². The number of ether oxygens (including phenoxy) is 1. The highest BCUT2D eigenvalue weighted by Gasteiger charge is 2.15. The largest absolute Gasteiger partial charge is 0.497 e. The topological polar surface area (TPSA) is 65.3 Å². The van der Waals surface area contributed by atoms with Gasteiger partial charge in [-0.2, -0.15) is 0 Å². The summed E-state index contributed by atoms with van der Waals surface area (Å²) in [6.07, 6.45) is 2.19. The fourth-order valence-corrected chi connectivity index (χ4v) is 4.12. The number of fused-ring (bicyclic) bond motifs is 1. The van der Waals surface area contributed by atoms with Gasteiger partial charge in [-0.15, -0.1) is 11.8 Å². The van der Waals surface area contributed by atoms with Crippen LogP contribution in [-0.4, -0.2) is 27.9 Å². The first-order chi connectivity index (χ1) is 13.5. The second-order valence-electron chi connectivity index (χ2n) is 6.62. The lowest BCUT2D eigenvalue weighted by Gasteiger charge is -2.12. The maximum Gasteiger partial charge on any atom is 0.328 e. The first-order valence-electron chi connectivity index (χ1n) is 9.24. The number of hydrogen-bond acceptors (Lipinski definition) is 4. The van der Waals surface area contributed by atoms with Crippen molar-refractivity contribution in [2.24, 2.45) is 14.1 Å². The molecule has 0 radical (unpaired) electrons. The molecule has 0 spiro atoms. The minimum absolute atomic E-state index is 0.0851. The SMILES string of the molecule is CCCCSc1cc2c(cc1NC(=O)c1ccc(OC)cc1)n(C)c(=O)n2C. The summed E-state index contributed by atoms with van der Waals surface area (Å²) in [6.45, 7) is 2.15. The number of carbonyl (C=O) groups is 1. The number of methoxy groups -OCH3 is 1. The Hall–Kier alpha value is -2.67. The van der Waals surface area contributed by atoms with Gasteiger partial charge in [-0.1, -0.05) is 13.3 Å². The van der Waals surface area contributed by atoms with E-state index in [0.717, 1.165) is 40.2 Å². The van der Waals surface area contributed by atoms with Gasteiger partial charge in [0.05, 0.1) is 23.8 Å². The van der Waals surface area contributed by atoms with Crippen LogP contribution in [0.25, 0.3) is 11.0 Å². The number of amides is 1. The molecule has 1 N–H and O–H groups in total. The Bertz CT molecular complexity index is 1050. The van der Waals surface area contributed by atoms with Gasteiger partial charge in [0.1, 0.15) is 5.75 Å². The van der Waals surface area contributed by atoms with E-state index in [2.05, 4.69) is 12.2 Å². The number of unbranched alkanes of at least 4 members (excludes halogenated alkanes) is 1. The average Bonchev–Trinajstić information content (AvgIpc) is 2.92. The molecule has 1 aromatic heterocycles. The molecule has 0 unspecified atom stereocenters. The van der Waals surface area contributed by atoms with Crippen LogP contribution in [0.15, 0.2) is 46.1 Å². The van der Waals surface area contributed by atoms with Crippen molar-refractivity contribution in [3.8, 4) is 5.75 Å². The summed E-state index contributed by atoms with van der Waals surface area (Å²) in [4.78, 5) is 26.0. The minimum Gasteiger partial charge on any atom is -0.497 e. The maximum absolute atomic E-state index is 12.8. The van der Waals surface area contributed by atoms with E-state index in [9.17, 15) is 9.59 Å². The lowest BCUT2D eigenvalue weighted by atomic mass is 10.2. The van der Waals surface area contributed by atoms with Crippen molar-refractivity contribution in [3.05, 3.63) is 52.4 Å². The highest BCUT2D eigenvalue weighted by Crippen LogP contribution is 2.32. The fourth-order valence-electron chi connectivity index (χ4n) is 3.01. The van der Waals surface area contributed by atoms with Crippen LogP contribution in [0.5, 0.6) is 5.75 Å². The number of carbonyl (C=O) groups excluding carboxylic acids is 1. The van der Waals surface area contributed by atoms with Crippen LogP contribution in [0, 0.1) is 0 Å². The van der Waals surface area contributed by atoms with Gasteiger partial charge in [-0.05, 0) is 48.6 Å². The highest BCUT2D eigenvalue weighted by molar-refractivity contribution is 7.99. The first kappa shape index (κ1) is 20.1. The van der Waals surface area contributed by atoms with E-state index in [0.29, 0.717) is 11.3 Å². The van der Waals surface area contributed by atoms with Gasteiger partial charge < -0.3 is 10.1 Å². The molecule has 0 bridgehead atoms. The number of nitrogens with zero attached hydrogens (tertiary/aromatic N) is 2. The summed E-state index contributed by atoms with van der Waals surface area (Å²) in [7, 11) is 5.10. The van der Waals surface area contributed by atoms with Crippen LogP contribution in [0.1, 0.15) is 30.1 Å². The zero-order valence-electron chi connectivity index (χ0n) is 16.6. The molecule has 2 aromatic carbocycles. The van der Waals surface area contributed by atoms with E-state index in [4.69, 9.17) is 4.74 Å². The molecule has 3 aromatic rings. The Balaban J connectivity index is 1.98. The highest BCUT2D eigenvalue weighted by atomic mass is 32.2. The lowest BCUT2D eigenvalue weighted by molar-refractivity contribution is 0.102. The van der Waals surface area contributed by atoms with Gasteiger partial charge in [0.2, 0.25) is 0 Å². The Morgan fingerprint density at radius 1 is 1.11 bits per heavy atom. The molecule has 0 aliphatic heterocycles. The van der Waals surface area contributed by atoms with Crippen molar-refractivity contribution in [1.29, 1.82) is 0 Å². The second kappa shape index (κ2) is 8.56. The molecule has 0 aliphatic rings. The van der Waals surface area contributed by atoms with Crippen LogP contribution < -0.4 is 15.7 Å². The molecular formula is C21H25N3O3S. The summed E-state index contributed by atoms with van der Waals surface area (Å²) in [6, 6.07) is 10.8. The van der Waals surface area contributed by atoms with E-state index in [1.165, 1.54) is 0 Å². The van der Waals surface area contributed by atoms with Gasteiger partial charge in [-0.3, -0.25) is 13.9 Å². The Morgan fingerprint density at radius 3 is 2.36 bits per heavy atom. The minimum atomic E-state index is -0.194. The molecule has 0 saturated heterocycles. The van der Waals surface area contributed by atoms with E-state index in [1.807, 2.05) is 12.1 Å². The summed E-state index contributed by atoms with van der Waals surface area (Å²) < 4.78 is 8.38. The fraction of sp³-hybridized carbons (Fsp3) is 0.333. The number of imidazole rings is 1. The molecule has 0 saturated carbocycles. The molecule has 0 fully saturated rings. The molecule has 7 heteroatoms. The Kier molecular flexibility index (Phi) is 6.14. The molecule has 0 atom stereocenters. The lowest BCUT2D eigenvalue weighted by Crippen LogP contribution is -2.19. The molecule has 28 heavy (non-hydrogen) atoms. The number of anilines is 1. The zero-order valence-corrected chi connectivity index (χ0v) is 17.4. The summed E-state index contributed by atoms with van der Waals surface area (Å²) in [5.74, 6) is 1.46. The number of rotatable bonds is 7. The average molecular weight is 400 g/mol. The molecule has 6 nitrogen and oxygen atoms in total. The zero-order chi connectivity index (χ0) is 20.3. The third-order valence-electron chi connectivity index (χ3n) is 4.73. The number of aryl methyl sites for hydroxylation is 2. The number of aromatic nitrogens is 2. The second-order valence-corrected chi connectivity index (χ2v) is 7.76. The predicted octanol–water partition coefficient (Wildman–Crippen LogP) is 4.03. The van der Waals surface area contributed by atoms with Crippen molar-refractivity contribution in [2.75, 3.05) is 18.2 Å². The van der Waals surface area contributed by atoms with Crippen molar-refractivity contribution in [2.45, 2.75) is 24.7 Å². The number of benzene rings is 2. The van der Waals surface area contributed by atoms with E-state index in [-0.39, 0.29) is 11.6 Å². The van der Waals surface area contributed by atoms with Gasteiger partial charge in [0.25, 0.3) is 5.91 Å². The van der Waals surface area contributed by atoms with Crippen LogP contribution in [0.4, 0.5) is 5.69 Å². The standard InChI is InChI=1S/C21H25N3O3S/c1-5-6-11-28-19-13-18-17(23(2)21(26)24(18)3)12-16(19)22-20(25)14-7-9-15(27-4)10-8-14/h7-10,12-13H,5-6,11H2,1-4H3,(H,22,25). The first-order valence-corrected chi connectivity index (χ1v) is 10.2. The third-order valence-corrected chi connectivity index (χ3v) is 5.87.